The quantitative estimate of drug-likeness (QED) is 0.356. The number of para-hydroxylation sites is 1. The van der Waals surface area contributed by atoms with E-state index in [0.717, 1.165) is 26.9 Å². The summed E-state index contributed by atoms with van der Waals surface area (Å²) in [5.41, 5.74) is 3.18. The predicted octanol–water partition coefficient (Wildman–Crippen LogP) is 4.05. The third kappa shape index (κ3) is 4.63. The van der Waals surface area contributed by atoms with Crippen molar-refractivity contribution in [3.8, 4) is 5.75 Å². The number of sulfonamides is 1. The van der Waals surface area contributed by atoms with Crippen LogP contribution in [0.1, 0.15) is 17.5 Å². The van der Waals surface area contributed by atoms with Gasteiger partial charge in [0.15, 0.2) is 0 Å². The molecule has 1 saturated heterocycles. The smallest absolute Gasteiger partial charge is 0.252 e. The Hall–Kier alpha value is -3.95. The highest BCUT2D eigenvalue weighted by Crippen LogP contribution is 2.31. The van der Waals surface area contributed by atoms with Crippen LogP contribution in [0.4, 0.5) is 5.69 Å². The maximum atomic E-state index is 13.9. The average molecular weight is 518 g/mol. The Balaban J connectivity index is 1.50. The van der Waals surface area contributed by atoms with Gasteiger partial charge in [-0.05, 0) is 61.4 Å². The fraction of sp³-hybridized carbons (Fsp3) is 0.214. The van der Waals surface area contributed by atoms with Gasteiger partial charge in [0.25, 0.3) is 5.91 Å². The zero-order valence-electron chi connectivity index (χ0n) is 20.5. The number of anilines is 1. The number of methoxy groups -OCH3 is 1. The highest BCUT2D eigenvalue weighted by molar-refractivity contribution is 7.89. The molecular formula is C28H27N3O5S. The number of rotatable bonds is 8. The van der Waals surface area contributed by atoms with Crippen molar-refractivity contribution in [3.63, 3.8) is 0 Å². The molecule has 0 spiro atoms. The third-order valence-electron chi connectivity index (χ3n) is 6.71. The van der Waals surface area contributed by atoms with Crippen LogP contribution in [-0.2, 0) is 26.0 Å². The number of amides is 2. The molecule has 1 aliphatic heterocycles. The van der Waals surface area contributed by atoms with E-state index in [-0.39, 0.29) is 17.9 Å². The lowest BCUT2D eigenvalue weighted by atomic mass is 10.1. The van der Waals surface area contributed by atoms with Crippen molar-refractivity contribution < 1.29 is 22.7 Å². The SMILES string of the molecule is COc1ccc(N2C(=O)CC(N(CCc3c[nH]c4ccccc34)S(=O)(=O)c3ccc(C)cc3)C2=O)cc1. The molecule has 1 aromatic heterocycles. The Morgan fingerprint density at radius 1 is 1.00 bits per heavy atom. The van der Waals surface area contributed by atoms with E-state index < -0.39 is 27.9 Å². The van der Waals surface area contributed by atoms with Gasteiger partial charge >= 0.3 is 0 Å². The molecule has 0 bridgehead atoms. The summed E-state index contributed by atoms with van der Waals surface area (Å²) in [4.78, 5) is 30.9. The molecule has 2 amide bonds. The maximum Gasteiger partial charge on any atom is 0.252 e. The summed E-state index contributed by atoms with van der Waals surface area (Å²) in [6.45, 7) is 1.91. The second-order valence-corrected chi connectivity index (χ2v) is 10.9. The summed E-state index contributed by atoms with van der Waals surface area (Å²) in [5, 5.41) is 0.990. The molecule has 37 heavy (non-hydrogen) atoms. The number of carbonyl (C=O) groups is 2. The monoisotopic (exact) mass is 517 g/mol. The zero-order chi connectivity index (χ0) is 26.2. The minimum absolute atomic E-state index is 0.0399. The maximum absolute atomic E-state index is 13.9. The van der Waals surface area contributed by atoms with Crippen LogP contribution in [0.3, 0.4) is 0 Å². The van der Waals surface area contributed by atoms with Crippen LogP contribution in [0.25, 0.3) is 10.9 Å². The molecule has 1 fully saturated rings. The first-order valence-electron chi connectivity index (χ1n) is 11.9. The van der Waals surface area contributed by atoms with Gasteiger partial charge in [-0.15, -0.1) is 0 Å². The number of fused-ring (bicyclic) bond motifs is 1. The zero-order valence-corrected chi connectivity index (χ0v) is 21.4. The van der Waals surface area contributed by atoms with E-state index in [4.69, 9.17) is 4.74 Å². The predicted molar refractivity (Wildman–Crippen MR) is 141 cm³/mol. The highest BCUT2D eigenvalue weighted by Gasteiger charge is 2.46. The average Bonchev–Trinajstić information content (AvgIpc) is 3.44. The van der Waals surface area contributed by atoms with Crippen molar-refractivity contribution in [2.24, 2.45) is 0 Å². The van der Waals surface area contributed by atoms with E-state index in [1.807, 2.05) is 37.4 Å². The number of H-pyrrole nitrogens is 1. The lowest BCUT2D eigenvalue weighted by Gasteiger charge is -2.27. The second-order valence-electron chi connectivity index (χ2n) is 9.02. The van der Waals surface area contributed by atoms with Gasteiger partial charge in [0.2, 0.25) is 15.9 Å². The molecule has 8 nitrogen and oxygen atoms in total. The Bertz CT molecular complexity index is 1560. The van der Waals surface area contributed by atoms with Gasteiger partial charge in [-0.1, -0.05) is 35.9 Å². The molecular weight excluding hydrogens is 490 g/mol. The number of hydrogen-bond acceptors (Lipinski definition) is 5. The van der Waals surface area contributed by atoms with Crippen LogP contribution in [0.2, 0.25) is 0 Å². The van der Waals surface area contributed by atoms with Gasteiger partial charge in [-0.3, -0.25) is 9.59 Å². The molecule has 1 N–H and O–H groups in total. The number of nitrogens with zero attached hydrogens (tertiary/aromatic N) is 2. The molecule has 9 heteroatoms. The Kier molecular flexibility index (Phi) is 6.57. The largest absolute Gasteiger partial charge is 0.497 e. The molecule has 0 radical (unpaired) electrons. The molecule has 1 atom stereocenters. The Labute approximate surface area is 215 Å². The summed E-state index contributed by atoms with van der Waals surface area (Å²) in [7, 11) is -2.55. The van der Waals surface area contributed by atoms with Gasteiger partial charge in [-0.2, -0.15) is 4.31 Å². The van der Waals surface area contributed by atoms with E-state index in [0.29, 0.717) is 17.9 Å². The fourth-order valence-corrected chi connectivity index (χ4v) is 6.28. The van der Waals surface area contributed by atoms with Gasteiger partial charge in [0, 0.05) is 23.6 Å². The van der Waals surface area contributed by atoms with E-state index >= 15 is 0 Å². The fourth-order valence-electron chi connectivity index (χ4n) is 4.70. The number of aromatic amines is 1. The van der Waals surface area contributed by atoms with Crippen LogP contribution in [-0.4, -0.2) is 49.2 Å². The first kappa shape index (κ1) is 24.7. The van der Waals surface area contributed by atoms with Crippen molar-refractivity contribution in [2.75, 3.05) is 18.6 Å². The van der Waals surface area contributed by atoms with Gasteiger partial charge in [0.1, 0.15) is 11.8 Å². The highest BCUT2D eigenvalue weighted by atomic mass is 32.2. The Morgan fingerprint density at radius 3 is 2.41 bits per heavy atom. The number of aromatic nitrogens is 1. The number of hydrogen-bond donors (Lipinski definition) is 1. The number of benzene rings is 3. The topological polar surface area (TPSA) is 99.8 Å². The third-order valence-corrected chi connectivity index (χ3v) is 8.63. The standard InChI is InChI=1S/C28H27N3O5S/c1-19-7-13-23(14-8-19)37(34,35)30(16-15-20-18-29-25-6-4-3-5-24(20)25)26-17-27(32)31(28(26)33)21-9-11-22(36-2)12-10-21/h3-14,18,26,29H,15-17H2,1-2H3. The number of aryl methyl sites for hydroxylation is 1. The summed E-state index contributed by atoms with van der Waals surface area (Å²) >= 11 is 0. The first-order valence-corrected chi connectivity index (χ1v) is 13.4. The van der Waals surface area contributed by atoms with Crippen LogP contribution in [0.15, 0.2) is 83.9 Å². The van der Waals surface area contributed by atoms with E-state index in [1.165, 1.54) is 23.5 Å². The van der Waals surface area contributed by atoms with Crippen molar-refractivity contribution in [3.05, 3.63) is 90.1 Å². The summed E-state index contributed by atoms with van der Waals surface area (Å²) in [6, 6.07) is 19.7. The summed E-state index contributed by atoms with van der Waals surface area (Å²) in [5.74, 6) is -0.428. The van der Waals surface area contributed by atoms with Crippen LogP contribution >= 0.6 is 0 Å². The molecule has 0 saturated carbocycles. The van der Waals surface area contributed by atoms with E-state index in [1.54, 1.807) is 36.4 Å². The number of ether oxygens (including phenoxy) is 1. The van der Waals surface area contributed by atoms with Crippen LogP contribution in [0.5, 0.6) is 5.75 Å². The molecule has 1 unspecified atom stereocenters. The van der Waals surface area contributed by atoms with Crippen molar-refractivity contribution in [1.82, 2.24) is 9.29 Å². The lowest BCUT2D eigenvalue weighted by Crippen LogP contribution is -2.46. The number of imide groups is 1. The van der Waals surface area contributed by atoms with Crippen molar-refractivity contribution in [1.29, 1.82) is 0 Å². The van der Waals surface area contributed by atoms with Gasteiger partial charge in [0.05, 0.1) is 24.1 Å². The summed E-state index contributed by atoms with van der Waals surface area (Å²) < 4.78 is 34.1. The Morgan fingerprint density at radius 2 is 1.70 bits per heavy atom. The van der Waals surface area contributed by atoms with Gasteiger partial charge < -0.3 is 9.72 Å². The molecule has 4 aromatic rings. The molecule has 1 aliphatic rings. The molecule has 3 aromatic carbocycles. The van der Waals surface area contributed by atoms with E-state index in [2.05, 4.69) is 4.98 Å². The molecule has 2 heterocycles. The number of nitrogens with one attached hydrogen (secondary N) is 1. The first-order chi connectivity index (χ1) is 17.8. The van der Waals surface area contributed by atoms with Gasteiger partial charge in [-0.25, -0.2) is 13.3 Å². The van der Waals surface area contributed by atoms with Crippen LogP contribution in [0, 0.1) is 6.92 Å². The summed E-state index contributed by atoms with van der Waals surface area (Å²) in [6.07, 6.45) is 1.99. The second kappa shape index (κ2) is 9.84. The van der Waals surface area contributed by atoms with E-state index in [9.17, 15) is 18.0 Å². The van der Waals surface area contributed by atoms with Crippen molar-refractivity contribution >= 4 is 38.4 Å². The minimum atomic E-state index is -4.08. The lowest BCUT2D eigenvalue weighted by molar-refractivity contribution is -0.122. The molecule has 5 rings (SSSR count). The van der Waals surface area contributed by atoms with Crippen LogP contribution < -0.4 is 9.64 Å². The molecule has 190 valence electrons. The molecule has 0 aliphatic carbocycles. The minimum Gasteiger partial charge on any atom is -0.497 e. The number of carbonyl (C=O) groups excluding carboxylic acids is 2. The normalized spacial score (nSPS) is 16.2. The van der Waals surface area contributed by atoms with Crippen molar-refractivity contribution in [2.45, 2.75) is 30.7 Å².